The lowest BCUT2D eigenvalue weighted by Gasteiger charge is -2.20. The second kappa shape index (κ2) is 6.37. The van der Waals surface area contributed by atoms with E-state index in [1.165, 1.54) is 0 Å². The summed E-state index contributed by atoms with van der Waals surface area (Å²) in [5, 5.41) is 0. The predicted molar refractivity (Wildman–Crippen MR) is 69.8 cm³/mol. The van der Waals surface area contributed by atoms with Crippen molar-refractivity contribution < 1.29 is 4.79 Å². The van der Waals surface area contributed by atoms with Crippen LogP contribution in [0.15, 0.2) is 24.3 Å². The molecule has 0 heterocycles. The lowest BCUT2D eigenvalue weighted by Crippen LogP contribution is -2.29. The lowest BCUT2D eigenvalue weighted by molar-refractivity contribution is 0.0998. The normalized spacial score (nSPS) is 11.1. The Kier molecular flexibility index (Phi) is 5.12. The number of benzene rings is 1. The molecule has 0 aliphatic carbocycles. The minimum atomic E-state index is -0.360. The number of nitrogens with two attached hydrogens (primary N) is 1. The summed E-state index contributed by atoms with van der Waals surface area (Å²) in [4.78, 5) is 15.6. The Morgan fingerprint density at radius 2 is 1.82 bits per heavy atom. The first-order chi connectivity index (χ1) is 8.00. The molecule has 4 heteroatoms. The molecule has 94 valence electrons. The maximum absolute atomic E-state index is 11.3. The summed E-state index contributed by atoms with van der Waals surface area (Å²) in [5.74, 6) is -0.360. The molecular weight excluding hydrogens is 214 g/mol. The number of hydrogen-bond donors (Lipinski definition) is 1. The fourth-order valence-corrected chi connectivity index (χ4v) is 1.64. The van der Waals surface area contributed by atoms with E-state index < -0.39 is 0 Å². The molecule has 1 rings (SSSR count). The van der Waals surface area contributed by atoms with Gasteiger partial charge in [-0.1, -0.05) is 18.2 Å². The van der Waals surface area contributed by atoms with Gasteiger partial charge in [-0.2, -0.15) is 0 Å². The molecule has 4 nitrogen and oxygen atoms in total. The molecular formula is C13H21N3O. The van der Waals surface area contributed by atoms with Crippen LogP contribution in [0.4, 0.5) is 0 Å². The first kappa shape index (κ1) is 13.7. The van der Waals surface area contributed by atoms with Gasteiger partial charge < -0.3 is 15.5 Å². The van der Waals surface area contributed by atoms with Gasteiger partial charge in [0.15, 0.2) is 0 Å². The molecule has 0 unspecified atom stereocenters. The van der Waals surface area contributed by atoms with Gasteiger partial charge in [-0.05, 0) is 32.8 Å². The summed E-state index contributed by atoms with van der Waals surface area (Å²) in [6.45, 7) is 2.70. The topological polar surface area (TPSA) is 49.6 Å². The molecule has 0 saturated heterocycles. The molecule has 2 N–H and O–H groups in total. The highest BCUT2D eigenvalue weighted by atomic mass is 16.1. The summed E-state index contributed by atoms with van der Waals surface area (Å²) >= 11 is 0. The van der Waals surface area contributed by atoms with Crippen LogP contribution in [-0.4, -0.2) is 49.9 Å². The molecule has 0 radical (unpaired) electrons. The van der Waals surface area contributed by atoms with Crippen LogP contribution in [-0.2, 0) is 6.54 Å². The van der Waals surface area contributed by atoms with Gasteiger partial charge >= 0.3 is 0 Å². The molecule has 0 bridgehead atoms. The minimum absolute atomic E-state index is 0.360. The Labute approximate surface area is 103 Å². The number of carbonyl (C=O) groups excluding carboxylic acids is 1. The van der Waals surface area contributed by atoms with E-state index in [2.05, 4.69) is 9.80 Å². The summed E-state index contributed by atoms with van der Waals surface area (Å²) in [7, 11) is 6.14. The van der Waals surface area contributed by atoms with Crippen molar-refractivity contribution in [3.8, 4) is 0 Å². The molecule has 0 fully saturated rings. The maximum Gasteiger partial charge on any atom is 0.249 e. The highest BCUT2D eigenvalue weighted by molar-refractivity contribution is 5.94. The van der Waals surface area contributed by atoms with E-state index in [1.54, 1.807) is 6.07 Å². The first-order valence-electron chi connectivity index (χ1n) is 5.71. The van der Waals surface area contributed by atoms with Crippen molar-refractivity contribution in [2.45, 2.75) is 6.54 Å². The zero-order chi connectivity index (χ0) is 12.8. The average Bonchev–Trinajstić information content (AvgIpc) is 2.27. The second-order valence-electron chi connectivity index (χ2n) is 4.56. The van der Waals surface area contributed by atoms with Gasteiger partial charge in [0.2, 0.25) is 5.91 Å². The van der Waals surface area contributed by atoms with Crippen molar-refractivity contribution >= 4 is 5.91 Å². The fourth-order valence-electron chi connectivity index (χ4n) is 1.64. The number of amides is 1. The van der Waals surface area contributed by atoms with Crippen molar-refractivity contribution in [3.63, 3.8) is 0 Å². The molecule has 1 aromatic rings. The molecule has 1 aromatic carbocycles. The Hall–Kier alpha value is -1.39. The predicted octanol–water partition coefficient (Wildman–Crippen LogP) is 0.779. The molecule has 0 aliphatic heterocycles. The number of hydrogen-bond acceptors (Lipinski definition) is 3. The minimum Gasteiger partial charge on any atom is -0.366 e. The first-order valence-corrected chi connectivity index (χ1v) is 5.71. The van der Waals surface area contributed by atoms with Crippen LogP contribution in [0.5, 0.6) is 0 Å². The van der Waals surface area contributed by atoms with E-state index >= 15 is 0 Å². The Balaban J connectivity index is 2.64. The quantitative estimate of drug-likeness (QED) is 0.792. The SMILES string of the molecule is CN(C)CCN(C)Cc1ccccc1C(N)=O. The molecule has 0 saturated carbocycles. The Morgan fingerprint density at radius 3 is 2.41 bits per heavy atom. The molecule has 0 aromatic heterocycles. The van der Waals surface area contributed by atoms with E-state index in [0.717, 1.165) is 25.2 Å². The van der Waals surface area contributed by atoms with Crippen molar-refractivity contribution in [2.24, 2.45) is 5.73 Å². The molecule has 0 spiro atoms. The summed E-state index contributed by atoms with van der Waals surface area (Å²) in [5.41, 5.74) is 6.95. The largest absolute Gasteiger partial charge is 0.366 e. The summed E-state index contributed by atoms with van der Waals surface area (Å²) in [6, 6.07) is 7.49. The van der Waals surface area contributed by atoms with Crippen molar-refractivity contribution in [3.05, 3.63) is 35.4 Å². The highest BCUT2D eigenvalue weighted by Gasteiger charge is 2.09. The fraction of sp³-hybridized carbons (Fsp3) is 0.462. The van der Waals surface area contributed by atoms with Crippen LogP contribution < -0.4 is 5.73 Å². The number of nitrogens with zero attached hydrogens (tertiary/aromatic N) is 2. The standard InChI is InChI=1S/C13H21N3O/c1-15(2)8-9-16(3)10-11-6-4-5-7-12(11)13(14)17/h4-7H,8-10H2,1-3H3,(H2,14,17). The van der Waals surface area contributed by atoms with E-state index in [0.29, 0.717) is 5.56 Å². The van der Waals surface area contributed by atoms with Gasteiger partial charge in [-0.25, -0.2) is 0 Å². The highest BCUT2D eigenvalue weighted by Crippen LogP contribution is 2.10. The van der Waals surface area contributed by atoms with Gasteiger partial charge in [0.05, 0.1) is 0 Å². The van der Waals surface area contributed by atoms with Gasteiger partial charge in [-0.15, -0.1) is 0 Å². The summed E-state index contributed by atoms with van der Waals surface area (Å²) < 4.78 is 0. The van der Waals surface area contributed by atoms with E-state index in [9.17, 15) is 4.79 Å². The molecule has 0 atom stereocenters. The van der Waals surface area contributed by atoms with Gasteiger partial charge in [0, 0.05) is 25.2 Å². The van der Waals surface area contributed by atoms with Crippen LogP contribution in [0, 0.1) is 0 Å². The zero-order valence-corrected chi connectivity index (χ0v) is 10.8. The smallest absolute Gasteiger partial charge is 0.249 e. The Morgan fingerprint density at radius 1 is 1.18 bits per heavy atom. The molecule has 0 aliphatic rings. The average molecular weight is 235 g/mol. The van der Waals surface area contributed by atoms with Crippen LogP contribution >= 0.6 is 0 Å². The monoisotopic (exact) mass is 235 g/mol. The number of rotatable bonds is 6. The lowest BCUT2D eigenvalue weighted by atomic mass is 10.1. The van der Waals surface area contributed by atoms with Gasteiger partial charge in [-0.3, -0.25) is 4.79 Å². The maximum atomic E-state index is 11.3. The third-order valence-electron chi connectivity index (χ3n) is 2.65. The number of likely N-dealkylation sites (N-methyl/N-ethyl adjacent to an activating group) is 2. The Bertz CT molecular complexity index is 377. The van der Waals surface area contributed by atoms with Gasteiger partial charge in [0.1, 0.15) is 0 Å². The third kappa shape index (κ3) is 4.54. The van der Waals surface area contributed by atoms with Crippen molar-refractivity contribution in [1.29, 1.82) is 0 Å². The summed E-state index contributed by atoms with van der Waals surface area (Å²) in [6.07, 6.45) is 0. The van der Waals surface area contributed by atoms with Crippen LogP contribution in [0.25, 0.3) is 0 Å². The van der Waals surface area contributed by atoms with Crippen LogP contribution in [0.3, 0.4) is 0 Å². The third-order valence-corrected chi connectivity index (χ3v) is 2.65. The number of carbonyl (C=O) groups is 1. The molecule has 1 amide bonds. The second-order valence-corrected chi connectivity index (χ2v) is 4.56. The van der Waals surface area contributed by atoms with Crippen LogP contribution in [0.1, 0.15) is 15.9 Å². The van der Waals surface area contributed by atoms with E-state index in [-0.39, 0.29) is 5.91 Å². The zero-order valence-electron chi connectivity index (χ0n) is 10.8. The van der Waals surface area contributed by atoms with Gasteiger partial charge in [0.25, 0.3) is 0 Å². The molecule has 17 heavy (non-hydrogen) atoms. The van der Waals surface area contributed by atoms with Crippen molar-refractivity contribution in [2.75, 3.05) is 34.2 Å². The van der Waals surface area contributed by atoms with Crippen molar-refractivity contribution in [1.82, 2.24) is 9.80 Å². The van der Waals surface area contributed by atoms with Crippen LogP contribution in [0.2, 0.25) is 0 Å². The van der Waals surface area contributed by atoms with E-state index in [4.69, 9.17) is 5.73 Å². The number of primary amides is 1. The van der Waals surface area contributed by atoms with E-state index in [1.807, 2.05) is 39.3 Å².